The number of fused-ring (bicyclic) bond motifs is 1. The highest BCUT2D eigenvalue weighted by Crippen LogP contribution is 2.37. The Labute approximate surface area is 222 Å². The Kier molecular flexibility index (Phi) is 9.12. The number of hydrogen-bond acceptors (Lipinski definition) is 6. The maximum atomic E-state index is 12.3. The smallest absolute Gasteiger partial charge is 0.407 e. The van der Waals surface area contributed by atoms with Crippen LogP contribution < -0.4 is 14.4 Å². The van der Waals surface area contributed by atoms with Crippen LogP contribution in [-0.2, 0) is 28.5 Å². The van der Waals surface area contributed by atoms with Gasteiger partial charge in [0.25, 0.3) is 0 Å². The fourth-order valence-corrected chi connectivity index (χ4v) is 6.26. The van der Waals surface area contributed by atoms with Crippen molar-refractivity contribution in [1.82, 2.24) is 5.32 Å². The molecule has 192 valence electrons. The molecule has 1 aromatic heterocycles. The van der Waals surface area contributed by atoms with Gasteiger partial charge in [-0.3, -0.25) is 4.31 Å². The summed E-state index contributed by atoms with van der Waals surface area (Å²) < 4.78 is 35.9. The number of rotatable bonds is 10. The topological polar surface area (TPSA) is 84.9 Å². The molecule has 2 atom stereocenters. The predicted molar refractivity (Wildman–Crippen MR) is 144 cm³/mol. The van der Waals surface area contributed by atoms with E-state index >= 15 is 0 Å². The molecular weight excluding hydrogens is 520 g/mol. The monoisotopic (exact) mass is 548 g/mol. The quantitative estimate of drug-likeness (QED) is 0.340. The van der Waals surface area contributed by atoms with Crippen molar-refractivity contribution < 1.29 is 22.7 Å². The fraction of sp³-hybridized carbons (Fsp3) is 0.346. The van der Waals surface area contributed by atoms with Crippen molar-refractivity contribution in [2.75, 3.05) is 24.1 Å². The van der Waals surface area contributed by atoms with Gasteiger partial charge in [-0.05, 0) is 84.7 Å². The van der Waals surface area contributed by atoms with Crippen molar-refractivity contribution in [3.63, 3.8) is 0 Å². The first-order valence-electron chi connectivity index (χ1n) is 11.8. The number of aryl methyl sites for hydroxylation is 1. The minimum Gasteiger partial charge on any atom is -0.492 e. The lowest BCUT2D eigenvalue weighted by Crippen LogP contribution is -2.43. The molecule has 1 heterocycles. The summed E-state index contributed by atoms with van der Waals surface area (Å²) in [4.78, 5) is 12.3. The first-order chi connectivity index (χ1) is 17.4. The molecule has 0 saturated carbocycles. The number of nitrogens with zero attached hydrogens (tertiary/aromatic N) is 1. The number of carbonyl (C=O) groups is 1. The number of benzene rings is 2. The van der Waals surface area contributed by atoms with Gasteiger partial charge in [0, 0.05) is 17.0 Å². The summed E-state index contributed by atoms with van der Waals surface area (Å²) >= 11 is 7.60. The van der Waals surface area contributed by atoms with E-state index in [9.17, 15) is 13.2 Å². The molecule has 36 heavy (non-hydrogen) atoms. The van der Waals surface area contributed by atoms with Crippen molar-refractivity contribution in [1.29, 1.82) is 0 Å². The third kappa shape index (κ3) is 6.72. The summed E-state index contributed by atoms with van der Waals surface area (Å²) in [5.74, 6) is 0.660. The van der Waals surface area contributed by atoms with Crippen molar-refractivity contribution in [3.05, 3.63) is 81.7 Å². The van der Waals surface area contributed by atoms with Crippen LogP contribution >= 0.6 is 22.9 Å². The fourth-order valence-electron chi connectivity index (χ4n) is 4.57. The molecule has 7 nitrogen and oxygen atoms in total. The normalized spacial score (nSPS) is 16.9. The average Bonchev–Trinajstić information content (AvgIpc) is 3.38. The third-order valence-corrected chi connectivity index (χ3v) is 8.25. The van der Waals surface area contributed by atoms with Gasteiger partial charge in [-0.15, -0.1) is 11.3 Å². The summed E-state index contributed by atoms with van der Waals surface area (Å²) in [5, 5.41) is 6.21. The predicted octanol–water partition coefficient (Wildman–Crippen LogP) is 5.20. The number of anilines is 1. The molecule has 3 aromatic rings. The molecule has 2 aromatic carbocycles. The molecule has 10 heteroatoms. The van der Waals surface area contributed by atoms with Crippen LogP contribution in [0.25, 0.3) is 0 Å². The molecule has 1 aliphatic rings. The Morgan fingerprint density at radius 3 is 2.78 bits per heavy atom. The SMILES string of the molecule is CCOC(=O)NC1CCc2ccc(OCCN(c3cccs3)[SH](=O)=O)cc2C1Cc1cccc(Cl)c1. The Bertz CT molecular complexity index is 1240. The molecule has 2 unspecified atom stereocenters. The Morgan fingerprint density at radius 1 is 1.19 bits per heavy atom. The van der Waals surface area contributed by atoms with E-state index < -0.39 is 17.0 Å². The lowest BCUT2D eigenvalue weighted by Gasteiger charge is -2.34. The summed E-state index contributed by atoms with van der Waals surface area (Å²) in [7, 11) is -2.76. The molecule has 1 amide bonds. The van der Waals surface area contributed by atoms with Crippen LogP contribution in [0, 0.1) is 0 Å². The zero-order chi connectivity index (χ0) is 25.5. The molecule has 0 bridgehead atoms. The maximum absolute atomic E-state index is 12.3. The molecule has 1 N–H and O–H groups in total. The van der Waals surface area contributed by atoms with Crippen LogP contribution in [0.1, 0.15) is 36.0 Å². The van der Waals surface area contributed by atoms with Gasteiger partial charge in [0.1, 0.15) is 17.4 Å². The molecule has 0 saturated heterocycles. The number of hydrogen-bond donors (Lipinski definition) is 2. The minimum absolute atomic E-state index is 0.00101. The van der Waals surface area contributed by atoms with Crippen molar-refractivity contribution in [3.8, 4) is 5.75 Å². The Hall–Kier alpha value is -2.75. The highest BCUT2D eigenvalue weighted by molar-refractivity contribution is 7.74. The summed E-state index contributed by atoms with van der Waals surface area (Å²) in [5.41, 5.74) is 3.39. The van der Waals surface area contributed by atoms with Gasteiger partial charge in [-0.1, -0.05) is 29.8 Å². The van der Waals surface area contributed by atoms with Crippen LogP contribution in [0.5, 0.6) is 5.75 Å². The standard InChI is InChI=1S/C26H29ClN2O5S2/c1-2-33-26(30)28-24-11-9-19-8-10-21(34-13-12-29(36(31)32)25-7-4-14-35-25)17-22(19)23(24)16-18-5-3-6-20(27)15-18/h3-8,10,14-15,17,23-24,36H,2,9,11-13,16H2,1H3,(H,28,30). The minimum atomic E-state index is -2.76. The van der Waals surface area contributed by atoms with E-state index in [0.717, 1.165) is 24.0 Å². The van der Waals surface area contributed by atoms with Crippen molar-refractivity contribution in [2.45, 2.75) is 38.1 Å². The number of ether oxygens (including phenoxy) is 2. The Balaban J connectivity index is 1.53. The van der Waals surface area contributed by atoms with Crippen LogP contribution in [0.4, 0.5) is 9.80 Å². The zero-order valence-electron chi connectivity index (χ0n) is 19.9. The second kappa shape index (κ2) is 12.5. The van der Waals surface area contributed by atoms with E-state index in [4.69, 9.17) is 21.1 Å². The number of thiophene rings is 1. The van der Waals surface area contributed by atoms with Gasteiger partial charge in [-0.2, -0.15) is 0 Å². The van der Waals surface area contributed by atoms with E-state index in [-0.39, 0.29) is 25.1 Å². The van der Waals surface area contributed by atoms with Crippen molar-refractivity contribution in [2.24, 2.45) is 0 Å². The summed E-state index contributed by atoms with van der Waals surface area (Å²) in [6.07, 6.45) is 1.89. The molecule has 0 aliphatic heterocycles. The summed E-state index contributed by atoms with van der Waals surface area (Å²) in [6, 6.07) is 17.2. The van der Waals surface area contributed by atoms with Crippen LogP contribution in [-0.4, -0.2) is 40.3 Å². The number of carbonyl (C=O) groups excluding carboxylic acids is 1. The lowest BCUT2D eigenvalue weighted by atomic mass is 9.76. The third-order valence-electron chi connectivity index (χ3n) is 6.18. The zero-order valence-corrected chi connectivity index (χ0v) is 22.4. The number of thiol groups is 1. The van der Waals surface area contributed by atoms with Crippen LogP contribution in [0.3, 0.4) is 0 Å². The van der Waals surface area contributed by atoms with E-state index in [2.05, 4.69) is 11.4 Å². The molecule has 4 rings (SSSR count). The number of halogens is 1. The van der Waals surface area contributed by atoms with Gasteiger partial charge >= 0.3 is 6.09 Å². The van der Waals surface area contributed by atoms with E-state index in [1.165, 1.54) is 21.2 Å². The highest BCUT2D eigenvalue weighted by atomic mass is 35.5. The average molecular weight is 549 g/mol. The van der Waals surface area contributed by atoms with Gasteiger partial charge in [0.15, 0.2) is 0 Å². The second-order valence-corrected chi connectivity index (χ2v) is 10.8. The molecular formula is C26H29ClN2O5S2. The van der Waals surface area contributed by atoms with Gasteiger partial charge in [0.2, 0.25) is 10.9 Å². The molecule has 0 spiro atoms. The van der Waals surface area contributed by atoms with Gasteiger partial charge in [0.05, 0.1) is 13.2 Å². The van der Waals surface area contributed by atoms with E-state index in [0.29, 0.717) is 28.8 Å². The summed E-state index contributed by atoms with van der Waals surface area (Å²) in [6.45, 7) is 2.52. The van der Waals surface area contributed by atoms with Gasteiger partial charge in [-0.25, -0.2) is 13.2 Å². The van der Waals surface area contributed by atoms with E-state index in [1.807, 2.05) is 47.8 Å². The first kappa shape index (κ1) is 26.3. The number of nitrogens with one attached hydrogen (secondary N) is 1. The van der Waals surface area contributed by atoms with Crippen LogP contribution in [0.15, 0.2) is 60.0 Å². The first-order valence-corrected chi connectivity index (χ1v) is 14.2. The molecule has 0 fully saturated rings. The highest BCUT2D eigenvalue weighted by Gasteiger charge is 2.31. The van der Waals surface area contributed by atoms with Gasteiger partial charge < -0.3 is 14.8 Å². The number of amides is 1. The Morgan fingerprint density at radius 2 is 2.06 bits per heavy atom. The van der Waals surface area contributed by atoms with Crippen LogP contribution in [0.2, 0.25) is 5.02 Å². The molecule has 0 radical (unpaired) electrons. The molecule has 1 aliphatic carbocycles. The second-order valence-electron chi connectivity index (χ2n) is 8.47. The number of alkyl carbamates (subject to hydrolysis) is 1. The lowest BCUT2D eigenvalue weighted by molar-refractivity contribution is 0.144. The van der Waals surface area contributed by atoms with Crippen molar-refractivity contribution >= 4 is 44.9 Å². The van der Waals surface area contributed by atoms with E-state index in [1.54, 1.807) is 13.0 Å². The maximum Gasteiger partial charge on any atom is 0.407 e. The largest absolute Gasteiger partial charge is 0.492 e.